The van der Waals surface area contributed by atoms with E-state index in [0.29, 0.717) is 10.0 Å². The Labute approximate surface area is 77.4 Å². The first-order valence-corrected chi connectivity index (χ1v) is 3.84. The van der Waals surface area contributed by atoms with Crippen molar-refractivity contribution >= 4 is 21.8 Å². The van der Waals surface area contributed by atoms with Gasteiger partial charge in [-0.3, -0.25) is 15.1 Å². The van der Waals surface area contributed by atoms with Crippen LogP contribution in [0.5, 0.6) is 0 Å². The molecule has 1 rings (SSSR count). The van der Waals surface area contributed by atoms with Crippen LogP contribution in [0.1, 0.15) is 10.4 Å². The molecule has 0 aliphatic heterocycles. The standard InChI is InChI=1S/C7H4BrN3O/c8-6-1-2-10-3-5(6)7(12)11-4-9/h1-3H,(H,11,12). The predicted molar refractivity (Wildman–Crippen MR) is 45.0 cm³/mol. The molecule has 0 saturated carbocycles. The van der Waals surface area contributed by atoms with Gasteiger partial charge in [0.2, 0.25) is 0 Å². The van der Waals surface area contributed by atoms with Gasteiger partial charge < -0.3 is 0 Å². The molecule has 12 heavy (non-hydrogen) atoms. The molecule has 4 nitrogen and oxygen atoms in total. The first kappa shape index (κ1) is 8.68. The Morgan fingerprint density at radius 3 is 3.08 bits per heavy atom. The first-order chi connectivity index (χ1) is 5.75. The number of amides is 1. The highest BCUT2D eigenvalue weighted by molar-refractivity contribution is 9.10. The number of pyridine rings is 1. The zero-order valence-electron chi connectivity index (χ0n) is 5.91. The molecule has 0 fully saturated rings. The van der Waals surface area contributed by atoms with Gasteiger partial charge in [0.1, 0.15) is 0 Å². The van der Waals surface area contributed by atoms with E-state index in [-0.39, 0.29) is 0 Å². The highest BCUT2D eigenvalue weighted by atomic mass is 79.9. The van der Waals surface area contributed by atoms with E-state index in [2.05, 4.69) is 20.9 Å². The van der Waals surface area contributed by atoms with Gasteiger partial charge in [-0.25, -0.2) is 0 Å². The van der Waals surface area contributed by atoms with Crippen LogP contribution in [0.15, 0.2) is 22.9 Å². The van der Waals surface area contributed by atoms with Crippen LogP contribution in [0, 0.1) is 11.5 Å². The molecule has 0 bridgehead atoms. The van der Waals surface area contributed by atoms with Gasteiger partial charge in [-0.1, -0.05) is 0 Å². The molecule has 0 radical (unpaired) electrons. The Bertz CT molecular complexity index is 345. The second-order valence-corrected chi connectivity index (χ2v) is 2.78. The molecular formula is C7H4BrN3O. The number of hydrogen-bond donors (Lipinski definition) is 1. The van der Waals surface area contributed by atoms with E-state index < -0.39 is 5.91 Å². The molecule has 5 heteroatoms. The minimum atomic E-state index is -0.461. The Balaban J connectivity index is 2.97. The summed E-state index contributed by atoms with van der Waals surface area (Å²) in [7, 11) is 0. The minimum absolute atomic E-state index is 0.346. The summed E-state index contributed by atoms with van der Waals surface area (Å²) in [4.78, 5) is 14.8. The summed E-state index contributed by atoms with van der Waals surface area (Å²) in [6.07, 6.45) is 4.48. The normalized spacial score (nSPS) is 8.67. The fraction of sp³-hybridized carbons (Fsp3) is 0. The smallest absolute Gasteiger partial charge is 0.266 e. The van der Waals surface area contributed by atoms with E-state index in [9.17, 15) is 4.79 Å². The number of hydrogen-bond acceptors (Lipinski definition) is 3. The molecule has 60 valence electrons. The maximum absolute atomic E-state index is 11.1. The summed E-state index contributed by atoms with van der Waals surface area (Å²) in [5.41, 5.74) is 0.346. The molecule has 0 unspecified atom stereocenters. The fourth-order valence-corrected chi connectivity index (χ4v) is 1.06. The molecule has 0 aliphatic rings. The van der Waals surface area contributed by atoms with Crippen LogP contribution in [0.25, 0.3) is 0 Å². The Hall–Kier alpha value is -1.41. The Morgan fingerprint density at radius 2 is 2.50 bits per heavy atom. The molecule has 0 aromatic carbocycles. The van der Waals surface area contributed by atoms with Crippen molar-refractivity contribution in [3.05, 3.63) is 28.5 Å². The van der Waals surface area contributed by atoms with Crippen molar-refractivity contribution in [2.75, 3.05) is 0 Å². The van der Waals surface area contributed by atoms with Gasteiger partial charge in [0.25, 0.3) is 5.91 Å². The molecule has 1 aromatic heterocycles. The van der Waals surface area contributed by atoms with Gasteiger partial charge in [0, 0.05) is 16.9 Å². The third-order valence-corrected chi connectivity index (χ3v) is 1.87. The average Bonchev–Trinajstić information content (AvgIpc) is 2.05. The van der Waals surface area contributed by atoms with Crippen LogP contribution in [-0.2, 0) is 0 Å². The van der Waals surface area contributed by atoms with Gasteiger partial charge in [0.15, 0.2) is 6.19 Å². The Morgan fingerprint density at radius 1 is 1.75 bits per heavy atom. The van der Waals surface area contributed by atoms with E-state index in [1.807, 2.05) is 5.32 Å². The largest absolute Gasteiger partial charge is 0.268 e. The maximum atomic E-state index is 11.1. The topological polar surface area (TPSA) is 65.8 Å². The van der Waals surface area contributed by atoms with E-state index in [4.69, 9.17) is 5.26 Å². The van der Waals surface area contributed by atoms with Crippen molar-refractivity contribution in [2.24, 2.45) is 0 Å². The van der Waals surface area contributed by atoms with Crippen LogP contribution in [0.2, 0.25) is 0 Å². The zero-order valence-corrected chi connectivity index (χ0v) is 7.50. The molecule has 1 amide bonds. The van der Waals surface area contributed by atoms with E-state index in [0.717, 1.165) is 0 Å². The van der Waals surface area contributed by atoms with Gasteiger partial charge in [0.05, 0.1) is 5.56 Å². The predicted octanol–water partition coefficient (Wildman–Crippen LogP) is 1.05. The number of nitrogens with zero attached hydrogens (tertiary/aromatic N) is 2. The molecular weight excluding hydrogens is 222 g/mol. The molecule has 0 saturated heterocycles. The lowest BCUT2D eigenvalue weighted by Crippen LogP contribution is -2.17. The second-order valence-electron chi connectivity index (χ2n) is 1.92. The van der Waals surface area contributed by atoms with Crippen LogP contribution >= 0.6 is 15.9 Å². The molecule has 0 aliphatic carbocycles. The van der Waals surface area contributed by atoms with Crippen molar-refractivity contribution in [3.8, 4) is 6.19 Å². The lowest BCUT2D eigenvalue weighted by Gasteiger charge is -1.98. The van der Waals surface area contributed by atoms with Gasteiger partial charge >= 0.3 is 0 Å². The summed E-state index contributed by atoms with van der Waals surface area (Å²) in [5.74, 6) is -0.461. The lowest BCUT2D eigenvalue weighted by atomic mass is 10.3. The number of nitriles is 1. The highest BCUT2D eigenvalue weighted by Gasteiger charge is 2.07. The number of carbonyl (C=O) groups is 1. The van der Waals surface area contributed by atoms with Crippen molar-refractivity contribution in [3.63, 3.8) is 0 Å². The van der Waals surface area contributed by atoms with Crippen LogP contribution in [0.3, 0.4) is 0 Å². The lowest BCUT2D eigenvalue weighted by molar-refractivity contribution is 0.0972. The van der Waals surface area contributed by atoms with Crippen LogP contribution < -0.4 is 5.32 Å². The number of halogens is 1. The second kappa shape index (κ2) is 3.83. The molecule has 0 spiro atoms. The monoisotopic (exact) mass is 225 g/mol. The number of carbonyl (C=O) groups excluding carboxylic acids is 1. The average molecular weight is 226 g/mol. The van der Waals surface area contributed by atoms with Crippen LogP contribution in [0.4, 0.5) is 0 Å². The molecule has 1 heterocycles. The number of nitrogens with one attached hydrogen (secondary N) is 1. The number of rotatable bonds is 1. The quantitative estimate of drug-likeness (QED) is 0.575. The van der Waals surface area contributed by atoms with Crippen molar-refractivity contribution in [1.29, 1.82) is 5.26 Å². The third kappa shape index (κ3) is 1.80. The molecule has 1 aromatic rings. The van der Waals surface area contributed by atoms with Crippen molar-refractivity contribution in [2.45, 2.75) is 0 Å². The van der Waals surface area contributed by atoms with E-state index in [1.54, 1.807) is 18.5 Å². The zero-order chi connectivity index (χ0) is 8.97. The maximum Gasteiger partial charge on any atom is 0.266 e. The highest BCUT2D eigenvalue weighted by Crippen LogP contribution is 2.13. The summed E-state index contributed by atoms with van der Waals surface area (Å²) >= 11 is 3.16. The van der Waals surface area contributed by atoms with Crippen molar-refractivity contribution < 1.29 is 4.79 Å². The SMILES string of the molecule is N#CNC(=O)c1cnccc1Br. The van der Waals surface area contributed by atoms with E-state index in [1.165, 1.54) is 6.20 Å². The first-order valence-electron chi connectivity index (χ1n) is 3.04. The number of aromatic nitrogens is 1. The summed E-state index contributed by atoms with van der Waals surface area (Å²) < 4.78 is 0.616. The molecule has 0 atom stereocenters. The molecule has 1 N–H and O–H groups in total. The van der Waals surface area contributed by atoms with Crippen LogP contribution in [-0.4, -0.2) is 10.9 Å². The minimum Gasteiger partial charge on any atom is -0.268 e. The van der Waals surface area contributed by atoms with E-state index >= 15 is 0 Å². The summed E-state index contributed by atoms with van der Waals surface area (Å²) in [6.45, 7) is 0. The van der Waals surface area contributed by atoms with Gasteiger partial charge in [-0.05, 0) is 22.0 Å². The fourth-order valence-electron chi connectivity index (χ4n) is 0.663. The summed E-state index contributed by atoms with van der Waals surface area (Å²) in [5, 5.41) is 10.2. The van der Waals surface area contributed by atoms with Crippen molar-refractivity contribution in [1.82, 2.24) is 10.3 Å². The van der Waals surface area contributed by atoms with Gasteiger partial charge in [-0.15, -0.1) is 0 Å². The summed E-state index contributed by atoms with van der Waals surface area (Å²) in [6, 6.07) is 1.63. The Kier molecular flexibility index (Phi) is 2.77. The third-order valence-electron chi connectivity index (χ3n) is 1.18. The van der Waals surface area contributed by atoms with Gasteiger partial charge in [-0.2, -0.15) is 5.26 Å².